The zero-order valence-corrected chi connectivity index (χ0v) is 10.1. The fourth-order valence-electron chi connectivity index (χ4n) is 2.43. The van der Waals surface area contributed by atoms with E-state index in [1.807, 2.05) is 11.9 Å². The maximum atomic E-state index is 11.8. The molecule has 15 heavy (non-hydrogen) atoms. The van der Waals surface area contributed by atoms with Gasteiger partial charge in [-0.15, -0.1) is 0 Å². The average molecular weight is 213 g/mol. The van der Waals surface area contributed by atoms with Crippen molar-refractivity contribution in [3.8, 4) is 0 Å². The topological polar surface area (TPSA) is 49.6 Å². The predicted molar refractivity (Wildman–Crippen MR) is 61.6 cm³/mol. The largest absolute Gasteiger partial charge is 0.331 e. The van der Waals surface area contributed by atoms with Crippen molar-refractivity contribution in [2.24, 2.45) is 11.7 Å². The molecule has 2 unspecified atom stereocenters. The molecular formula is C11H23N3O. The van der Waals surface area contributed by atoms with Crippen molar-refractivity contribution in [3.05, 3.63) is 0 Å². The van der Waals surface area contributed by atoms with Crippen molar-refractivity contribution < 1.29 is 4.79 Å². The van der Waals surface area contributed by atoms with Crippen molar-refractivity contribution in [3.63, 3.8) is 0 Å². The molecule has 4 nitrogen and oxygen atoms in total. The number of urea groups is 1. The Bertz CT molecular complexity index is 218. The second kappa shape index (κ2) is 5.35. The number of hydrogen-bond acceptors (Lipinski definition) is 2. The molecule has 0 aromatic rings. The van der Waals surface area contributed by atoms with E-state index in [4.69, 9.17) is 5.73 Å². The molecule has 1 aliphatic rings. The van der Waals surface area contributed by atoms with Crippen LogP contribution in [0.25, 0.3) is 0 Å². The molecule has 0 heterocycles. The highest BCUT2D eigenvalue weighted by atomic mass is 16.2. The fraction of sp³-hybridized carbons (Fsp3) is 0.909. The molecule has 0 aliphatic heterocycles. The molecule has 2 amide bonds. The van der Waals surface area contributed by atoms with Crippen LogP contribution >= 0.6 is 0 Å². The molecule has 2 N–H and O–H groups in total. The zero-order chi connectivity index (χ0) is 11.4. The first-order chi connectivity index (χ1) is 7.07. The summed E-state index contributed by atoms with van der Waals surface area (Å²) < 4.78 is 0. The van der Waals surface area contributed by atoms with Crippen LogP contribution in [0.4, 0.5) is 4.79 Å². The van der Waals surface area contributed by atoms with Gasteiger partial charge in [0, 0.05) is 27.2 Å². The molecule has 2 atom stereocenters. The number of nitrogens with two attached hydrogens (primary N) is 1. The lowest BCUT2D eigenvalue weighted by Gasteiger charge is -2.38. The lowest BCUT2D eigenvalue weighted by Crippen LogP contribution is -2.49. The molecule has 0 spiro atoms. The lowest BCUT2D eigenvalue weighted by atomic mass is 9.84. The third kappa shape index (κ3) is 2.84. The van der Waals surface area contributed by atoms with E-state index in [0.717, 1.165) is 12.8 Å². The number of carbonyl (C=O) groups excluding carboxylic acids is 1. The Hall–Kier alpha value is -0.770. The Morgan fingerprint density at radius 3 is 2.40 bits per heavy atom. The molecule has 1 rings (SSSR count). The summed E-state index contributed by atoms with van der Waals surface area (Å²) in [5.41, 5.74) is 5.76. The average Bonchev–Trinajstić information content (AvgIpc) is 2.26. The fourth-order valence-corrected chi connectivity index (χ4v) is 2.43. The number of carbonyl (C=O) groups is 1. The molecule has 1 fully saturated rings. The van der Waals surface area contributed by atoms with Crippen LogP contribution in [-0.2, 0) is 0 Å². The van der Waals surface area contributed by atoms with Crippen molar-refractivity contribution >= 4 is 6.03 Å². The summed E-state index contributed by atoms with van der Waals surface area (Å²) in [6.07, 6.45) is 4.72. The van der Waals surface area contributed by atoms with Crippen LogP contribution in [0.15, 0.2) is 0 Å². The Labute approximate surface area is 92.4 Å². The number of nitrogens with zero attached hydrogens (tertiary/aromatic N) is 2. The highest BCUT2D eigenvalue weighted by Gasteiger charge is 2.30. The molecule has 0 radical (unpaired) electrons. The second-order valence-corrected chi connectivity index (χ2v) is 4.64. The van der Waals surface area contributed by atoms with Gasteiger partial charge in [0.05, 0.1) is 0 Å². The number of rotatable bonds is 2. The van der Waals surface area contributed by atoms with Gasteiger partial charge in [-0.2, -0.15) is 0 Å². The lowest BCUT2D eigenvalue weighted by molar-refractivity contribution is 0.123. The van der Waals surface area contributed by atoms with Gasteiger partial charge in [0.15, 0.2) is 0 Å². The van der Waals surface area contributed by atoms with Crippen molar-refractivity contribution in [1.29, 1.82) is 0 Å². The Balaban J connectivity index is 2.63. The van der Waals surface area contributed by atoms with Gasteiger partial charge < -0.3 is 15.5 Å². The Kier molecular flexibility index (Phi) is 4.39. The molecule has 0 saturated heterocycles. The number of amides is 2. The smallest absolute Gasteiger partial charge is 0.319 e. The maximum Gasteiger partial charge on any atom is 0.319 e. The normalized spacial score (nSPS) is 26.1. The molecule has 0 aromatic heterocycles. The first kappa shape index (κ1) is 12.3. The summed E-state index contributed by atoms with van der Waals surface area (Å²) >= 11 is 0. The minimum atomic E-state index is 0.0837. The summed E-state index contributed by atoms with van der Waals surface area (Å²) in [6, 6.07) is 0.416. The summed E-state index contributed by atoms with van der Waals surface area (Å²) in [6.45, 7) is 0.690. The molecule has 88 valence electrons. The van der Waals surface area contributed by atoms with Gasteiger partial charge in [0.1, 0.15) is 0 Å². The summed E-state index contributed by atoms with van der Waals surface area (Å²) in [5.74, 6) is 0.479. The van der Waals surface area contributed by atoms with Gasteiger partial charge in [0.2, 0.25) is 0 Å². The second-order valence-electron chi connectivity index (χ2n) is 4.64. The van der Waals surface area contributed by atoms with Crippen LogP contribution < -0.4 is 5.73 Å². The van der Waals surface area contributed by atoms with Crippen LogP contribution in [-0.4, -0.2) is 49.6 Å². The van der Waals surface area contributed by atoms with Crippen molar-refractivity contribution in [2.45, 2.75) is 31.7 Å². The molecule has 1 saturated carbocycles. The van der Waals surface area contributed by atoms with Crippen molar-refractivity contribution in [2.75, 3.05) is 27.7 Å². The van der Waals surface area contributed by atoms with Crippen LogP contribution in [0.1, 0.15) is 25.7 Å². The quantitative estimate of drug-likeness (QED) is 0.747. The SMILES string of the molecule is CN(C)C(=O)N(C)C1CCCCC1CN. The monoisotopic (exact) mass is 213 g/mol. The van der Waals surface area contributed by atoms with E-state index in [-0.39, 0.29) is 6.03 Å². The first-order valence-electron chi connectivity index (χ1n) is 5.72. The minimum Gasteiger partial charge on any atom is -0.331 e. The van der Waals surface area contributed by atoms with E-state index < -0.39 is 0 Å². The number of hydrogen-bond donors (Lipinski definition) is 1. The third-order valence-corrected chi connectivity index (χ3v) is 3.35. The van der Waals surface area contributed by atoms with E-state index in [1.54, 1.807) is 19.0 Å². The maximum absolute atomic E-state index is 11.8. The van der Waals surface area contributed by atoms with Gasteiger partial charge >= 0.3 is 6.03 Å². The molecule has 0 bridgehead atoms. The Morgan fingerprint density at radius 2 is 1.87 bits per heavy atom. The highest BCUT2D eigenvalue weighted by molar-refractivity contribution is 5.73. The van der Waals surface area contributed by atoms with E-state index in [2.05, 4.69) is 0 Å². The van der Waals surface area contributed by atoms with Gasteiger partial charge in [0.25, 0.3) is 0 Å². The van der Waals surface area contributed by atoms with E-state index in [0.29, 0.717) is 18.5 Å². The van der Waals surface area contributed by atoms with Gasteiger partial charge in [-0.1, -0.05) is 12.8 Å². The van der Waals surface area contributed by atoms with Crippen LogP contribution in [0.2, 0.25) is 0 Å². The predicted octanol–water partition coefficient (Wildman–Crippen LogP) is 1.12. The molecule has 1 aliphatic carbocycles. The van der Waals surface area contributed by atoms with Crippen LogP contribution in [0.3, 0.4) is 0 Å². The summed E-state index contributed by atoms with van der Waals surface area (Å²) in [5, 5.41) is 0. The van der Waals surface area contributed by atoms with E-state index >= 15 is 0 Å². The zero-order valence-electron chi connectivity index (χ0n) is 10.1. The summed E-state index contributed by atoms with van der Waals surface area (Å²) in [7, 11) is 5.47. The highest BCUT2D eigenvalue weighted by Crippen LogP contribution is 2.27. The standard InChI is InChI=1S/C11H23N3O/c1-13(2)11(15)14(3)10-7-5-4-6-9(10)8-12/h9-10H,4-8,12H2,1-3H3. The molecular weight excluding hydrogens is 190 g/mol. The molecule has 0 aromatic carbocycles. The van der Waals surface area contributed by atoms with Crippen molar-refractivity contribution in [1.82, 2.24) is 9.80 Å². The Morgan fingerprint density at radius 1 is 1.27 bits per heavy atom. The van der Waals surface area contributed by atoms with E-state index in [1.165, 1.54) is 12.8 Å². The third-order valence-electron chi connectivity index (χ3n) is 3.35. The van der Waals surface area contributed by atoms with Gasteiger partial charge in [-0.3, -0.25) is 0 Å². The van der Waals surface area contributed by atoms with Gasteiger partial charge in [-0.05, 0) is 25.3 Å². The van der Waals surface area contributed by atoms with Gasteiger partial charge in [-0.25, -0.2) is 4.79 Å². The molecule has 4 heteroatoms. The van der Waals surface area contributed by atoms with Crippen LogP contribution in [0, 0.1) is 5.92 Å². The first-order valence-corrected chi connectivity index (χ1v) is 5.72. The van der Waals surface area contributed by atoms with Crippen LogP contribution in [0.5, 0.6) is 0 Å². The summed E-state index contributed by atoms with van der Waals surface area (Å²) in [4.78, 5) is 15.3. The minimum absolute atomic E-state index is 0.0837. The van der Waals surface area contributed by atoms with E-state index in [9.17, 15) is 4.79 Å².